The number of methoxy groups -OCH3 is 1. The highest BCUT2D eigenvalue weighted by Gasteiger charge is 2.25. The summed E-state index contributed by atoms with van der Waals surface area (Å²) in [6.45, 7) is 7.72. The van der Waals surface area contributed by atoms with Crippen molar-refractivity contribution in [1.82, 2.24) is 10.2 Å². The number of carbonyl (C=O) groups is 1. The summed E-state index contributed by atoms with van der Waals surface area (Å²) in [7, 11) is -2.53. The van der Waals surface area contributed by atoms with Crippen molar-refractivity contribution in [1.29, 1.82) is 0 Å². The first-order chi connectivity index (χ1) is 15.7. The Morgan fingerprint density at radius 2 is 1.91 bits per heavy atom. The van der Waals surface area contributed by atoms with Gasteiger partial charge in [0.15, 0.2) is 0 Å². The number of nitrogens with one attached hydrogen (secondary N) is 2. The Hall–Kier alpha value is -2.33. The van der Waals surface area contributed by atoms with Crippen LogP contribution in [0.4, 0.5) is 5.69 Å². The maximum atomic E-state index is 13.0. The zero-order chi connectivity index (χ0) is 24.0. The van der Waals surface area contributed by atoms with Crippen LogP contribution in [0.3, 0.4) is 0 Å². The van der Waals surface area contributed by atoms with Crippen molar-refractivity contribution in [3.8, 4) is 5.75 Å². The number of morpholine rings is 1. The predicted octanol–water partition coefficient (Wildman–Crippen LogP) is 3.24. The van der Waals surface area contributed by atoms with E-state index in [0.717, 1.165) is 13.1 Å². The molecule has 180 valence electrons. The summed E-state index contributed by atoms with van der Waals surface area (Å²) in [5.74, 6) is 0.345. The molecule has 33 heavy (non-hydrogen) atoms. The van der Waals surface area contributed by atoms with Crippen molar-refractivity contribution in [2.75, 3.05) is 44.7 Å². The van der Waals surface area contributed by atoms with E-state index in [-0.39, 0.29) is 28.1 Å². The Balaban J connectivity index is 1.73. The van der Waals surface area contributed by atoms with Crippen LogP contribution < -0.4 is 14.8 Å². The Bertz CT molecular complexity index is 1070. The SMILES string of the molecule is COc1ccc(Cl)cc1NS(=O)(=O)c1cccc(C(=O)NC[C@@H](C(C)C)N2CCOCC2)c1. The van der Waals surface area contributed by atoms with Crippen LogP contribution in [0, 0.1) is 5.92 Å². The molecule has 1 aliphatic rings. The molecule has 0 spiro atoms. The molecule has 0 bridgehead atoms. The summed E-state index contributed by atoms with van der Waals surface area (Å²) in [4.78, 5) is 15.1. The van der Waals surface area contributed by atoms with E-state index in [0.29, 0.717) is 36.4 Å². The topological polar surface area (TPSA) is 97.0 Å². The largest absolute Gasteiger partial charge is 0.495 e. The van der Waals surface area contributed by atoms with Crippen LogP contribution in [-0.2, 0) is 14.8 Å². The number of amides is 1. The fourth-order valence-corrected chi connectivity index (χ4v) is 5.04. The van der Waals surface area contributed by atoms with E-state index in [1.165, 1.54) is 25.3 Å². The van der Waals surface area contributed by atoms with Gasteiger partial charge in [0.2, 0.25) is 0 Å². The van der Waals surface area contributed by atoms with E-state index in [1.807, 2.05) is 0 Å². The molecule has 2 N–H and O–H groups in total. The van der Waals surface area contributed by atoms with Crippen LogP contribution in [-0.4, -0.2) is 65.2 Å². The van der Waals surface area contributed by atoms with Crippen molar-refractivity contribution in [2.24, 2.45) is 5.92 Å². The molecule has 0 aliphatic carbocycles. The van der Waals surface area contributed by atoms with Gasteiger partial charge < -0.3 is 14.8 Å². The average Bonchev–Trinajstić information content (AvgIpc) is 2.79. The fourth-order valence-electron chi connectivity index (χ4n) is 3.76. The van der Waals surface area contributed by atoms with E-state index in [1.54, 1.807) is 24.3 Å². The smallest absolute Gasteiger partial charge is 0.262 e. The van der Waals surface area contributed by atoms with Crippen LogP contribution in [0.1, 0.15) is 24.2 Å². The highest BCUT2D eigenvalue weighted by atomic mass is 35.5. The first-order valence-electron chi connectivity index (χ1n) is 10.8. The standard InChI is InChI=1S/C23H30ClN3O5S/c1-16(2)21(27-9-11-32-12-10-27)15-25-23(28)17-5-4-6-19(13-17)33(29,30)26-20-14-18(24)7-8-22(20)31-3/h4-8,13-14,16,21,26H,9-12,15H2,1-3H3,(H,25,28)/t21-/m0/s1. The van der Waals surface area contributed by atoms with Crippen LogP contribution in [0.15, 0.2) is 47.4 Å². The van der Waals surface area contributed by atoms with E-state index < -0.39 is 10.0 Å². The van der Waals surface area contributed by atoms with Crippen LogP contribution in [0.2, 0.25) is 5.02 Å². The minimum Gasteiger partial charge on any atom is -0.495 e. The van der Waals surface area contributed by atoms with Crippen molar-refractivity contribution < 1.29 is 22.7 Å². The third-order valence-corrected chi connectivity index (χ3v) is 7.17. The van der Waals surface area contributed by atoms with Gasteiger partial charge in [-0.15, -0.1) is 0 Å². The Kier molecular flexibility index (Phi) is 8.58. The molecule has 1 atom stereocenters. The molecule has 2 aromatic carbocycles. The fraction of sp³-hybridized carbons (Fsp3) is 0.435. The molecule has 0 radical (unpaired) electrons. The molecular formula is C23H30ClN3O5S. The lowest BCUT2D eigenvalue weighted by Gasteiger charge is -2.36. The quantitative estimate of drug-likeness (QED) is 0.554. The molecule has 1 saturated heterocycles. The molecular weight excluding hydrogens is 466 g/mol. The molecule has 8 nitrogen and oxygen atoms in total. The molecule has 1 amide bonds. The highest BCUT2D eigenvalue weighted by molar-refractivity contribution is 7.92. The molecule has 1 aliphatic heterocycles. The summed E-state index contributed by atoms with van der Waals surface area (Å²) in [5, 5.41) is 3.32. The monoisotopic (exact) mass is 495 g/mol. The Morgan fingerprint density at radius 1 is 1.18 bits per heavy atom. The van der Waals surface area contributed by atoms with Gasteiger partial charge in [0.1, 0.15) is 5.75 Å². The number of halogens is 1. The molecule has 0 aromatic heterocycles. The number of carbonyl (C=O) groups excluding carboxylic acids is 1. The van der Waals surface area contributed by atoms with Gasteiger partial charge in [0, 0.05) is 36.3 Å². The van der Waals surface area contributed by atoms with Gasteiger partial charge in [-0.1, -0.05) is 31.5 Å². The third-order valence-electron chi connectivity index (χ3n) is 5.57. The second-order valence-electron chi connectivity index (χ2n) is 8.15. The van der Waals surface area contributed by atoms with Gasteiger partial charge in [-0.3, -0.25) is 14.4 Å². The Labute approximate surface area is 200 Å². The highest BCUT2D eigenvalue weighted by Crippen LogP contribution is 2.30. The van der Waals surface area contributed by atoms with Gasteiger partial charge in [0.05, 0.1) is 30.9 Å². The van der Waals surface area contributed by atoms with E-state index in [9.17, 15) is 13.2 Å². The molecule has 2 aromatic rings. The summed E-state index contributed by atoms with van der Waals surface area (Å²) in [5.41, 5.74) is 0.477. The number of hydrogen-bond donors (Lipinski definition) is 2. The average molecular weight is 496 g/mol. The van der Waals surface area contributed by atoms with Crippen molar-refractivity contribution in [2.45, 2.75) is 24.8 Å². The molecule has 3 rings (SSSR count). The molecule has 1 fully saturated rings. The van der Waals surface area contributed by atoms with Gasteiger partial charge in [-0.05, 0) is 42.3 Å². The van der Waals surface area contributed by atoms with Gasteiger partial charge in [-0.2, -0.15) is 0 Å². The first kappa shape index (κ1) is 25.3. The van der Waals surface area contributed by atoms with Crippen LogP contribution in [0.25, 0.3) is 0 Å². The minimum atomic E-state index is -3.97. The first-order valence-corrected chi connectivity index (χ1v) is 12.6. The summed E-state index contributed by atoms with van der Waals surface area (Å²) in [6, 6.07) is 10.7. The molecule has 0 unspecified atom stereocenters. The Morgan fingerprint density at radius 3 is 2.58 bits per heavy atom. The van der Waals surface area contributed by atoms with Crippen molar-refractivity contribution in [3.63, 3.8) is 0 Å². The second kappa shape index (κ2) is 11.2. The lowest BCUT2D eigenvalue weighted by Crippen LogP contribution is -2.51. The number of benzene rings is 2. The van der Waals surface area contributed by atoms with Gasteiger partial charge >= 0.3 is 0 Å². The lowest BCUT2D eigenvalue weighted by molar-refractivity contribution is 0.00672. The molecule has 10 heteroatoms. The normalized spacial score (nSPS) is 15.8. The zero-order valence-corrected chi connectivity index (χ0v) is 20.6. The summed E-state index contributed by atoms with van der Waals surface area (Å²) < 4.78 is 39.0. The maximum absolute atomic E-state index is 13.0. The van der Waals surface area contributed by atoms with Crippen LogP contribution >= 0.6 is 11.6 Å². The number of nitrogens with zero attached hydrogens (tertiary/aromatic N) is 1. The number of sulfonamides is 1. The molecule has 0 saturated carbocycles. The number of anilines is 1. The summed E-state index contributed by atoms with van der Waals surface area (Å²) in [6.07, 6.45) is 0. The maximum Gasteiger partial charge on any atom is 0.262 e. The third kappa shape index (κ3) is 6.60. The molecule has 1 heterocycles. The number of hydrogen-bond acceptors (Lipinski definition) is 6. The minimum absolute atomic E-state index is 0.0363. The second-order valence-corrected chi connectivity index (χ2v) is 10.3. The zero-order valence-electron chi connectivity index (χ0n) is 19.0. The predicted molar refractivity (Wildman–Crippen MR) is 129 cm³/mol. The van der Waals surface area contributed by atoms with Crippen molar-refractivity contribution in [3.05, 3.63) is 53.1 Å². The van der Waals surface area contributed by atoms with Gasteiger partial charge in [-0.25, -0.2) is 8.42 Å². The van der Waals surface area contributed by atoms with E-state index in [4.69, 9.17) is 21.1 Å². The number of rotatable bonds is 9. The van der Waals surface area contributed by atoms with Gasteiger partial charge in [0.25, 0.3) is 15.9 Å². The van der Waals surface area contributed by atoms with Crippen molar-refractivity contribution >= 4 is 33.2 Å². The van der Waals surface area contributed by atoms with E-state index >= 15 is 0 Å². The summed E-state index contributed by atoms with van der Waals surface area (Å²) >= 11 is 6.00. The van der Waals surface area contributed by atoms with E-state index in [2.05, 4.69) is 28.8 Å². The number of ether oxygens (including phenoxy) is 2. The van der Waals surface area contributed by atoms with Crippen LogP contribution in [0.5, 0.6) is 5.75 Å². The lowest BCUT2D eigenvalue weighted by atomic mass is 10.0.